The Morgan fingerprint density at radius 3 is 2.94 bits per heavy atom. The van der Waals surface area contributed by atoms with Crippen molar-refractivity contribution < 1.29 is 4.74 Å². The molecule has 0 aromatic carbocycles. The molecule has 0 radical (unpaired) electrons. The quantitative estimate of drug-likeness (QED) is 0.847. The molecule has 2 heterocycles. The summed E-state index contributed by atoms with van der Waals surface area (Å²) in [5.41, 5.74) is 0.556. The summed E-state index contributed by atoms with van der Waals surface area (Å²) in [6.45, 7) is 8.66. The summed E-state index contributed by atoms with van der Waals surface area (Å²) in [6, 6.07) is 2.14. The fourth-order valence-corrected chi connectivity index (χ4v) is 1.98. The van der Waals surface area contributed by atoms with E-state index < -0.39 is 0 Å². The monoisotopic (exact) mass is 281 g/mol. The molecule has 0 bridgehead atoms. The molecule has 1 aliphatic heterocycles. The summed E-state index contributed by atoms with van der Waals surface area (Å²) in [5, 5.41) is 3.30. The second-order valence-electron chi connectivity index (χ2n) is 3.66. The van der Waals surface area contributed by atoms with Crippen molar-refractivity contribution in [3.05, 3.63) is 28.2 Å². The summed E-state index contributed by atoms with van der Waals surface area (Å²) in [4.78, 5) is 7.69. The summed E-state index contributed by atoms with van der Waals surface area (Å²) >= 11 is 3.31. The minimum atomic E-state index is 0.364. The zero-order chi connectivity index (χ0) is 11.4. The Balaban J connectivity index is 2.11. The van der Waals surface area contributed by atoms with Crippen molar-refractivity contribution in [3.63, 3.8) is 0 Å². The first-order valence-electron chi connectivity index (χ1n) is 5.17. The molecule has 2 rings (SSSR count). The number of pyridine rings is 1. The van der Waals surface area contributed by atoms with E-state index in [2.05, 4.69) is 31.1 Å². The average Bonchev–Trinajstić information content (AvgIpc) is 2.33. The van der Waals surface area contributed by atoms with Gasteiger partial charge in [-0.05, 0) is 18.9 Å². The Bertz CT molecular complexity index is 410. The van der Waals surface area contributed by atoms with Crippen LogP contribution in [0.2, 0.25) is 0 Å². The van der Waals surface area contributed by atoms with Crippen LogP contribution in [0.3, 0.4) is 0 Å². The second kappa shape index (κ2) is 5.28. The van der Waals surface area contributed by atoms with Gasteiger partial charge in [-0.3, -0.25) is 4.98 Å². The molecule has 0 saturated carbocycles. The predicted molar refractivity (Wildman–Crippen MR) is 65.7 cm³/mol. The van der Waals surface area contributed by atoms with Crippen LogP contribution in [0.5, 0.6) is 0 Å². The van der Waals surface area contributed by atoms with E-state index in [-0.39, 0.29) is 0 Å². The van der Waals surface area contributed by atoms with Crippen LogP contribution in [0.4, 0.5) is 11.5 Å². The smallest absolute Gasteiger partial charge is 0.229 e. The first-order chi connectivity index (χ1) is 7.79. The normalized spacial score (nSPS) is 16.8. The topological polar surface area (TPSA) is 38.5 Å². The highest BCUT2D eigenvalue weighted by Gasteiger charge is 2.15. The number of hydrogen-bond donors (Lipinski definition) is 1. The summed E-state index contributed by atoms with van der Waals surface area (Å²) in [5.74, 6) is 0.671. The molecule has 0 spiro atoms. The molecule has 1 aliphatic rings. The summed E-state index contributed by atoms with van der Waals surface area (Å²) < 4.78 is 6.11. The Morgan fingerprint density at radius 2 is 2.25 bits per heavy atom. The third-order valence-corrected chi connectivity index (χ3v) is 2.95. The van der Waals surface area contributed by atoms with Crippen molar-refractivity contribution in [2.24, 2.45) is 0 Å². The van der Waals surface area contributed by atoms with Gasteiger partial charge in [-0.2, -0.15) is 0 Å². The highest BCUT2D eigenvalue weighted by Crippen LogP contribution is 2.27. The maximum Gasteiger partial charge on any atom is 0.229 e. The molecular formula is C11H12BrN3O. The van der Waals surface area contributed by atoms with E-state index in [9.17, 15) is 0 Å². The van der Waals surface area contributed by atoms with Gasteiger partial charge in [0.15, 0.2) is 0 Å². The Kier molecular flexibility index (Phi) is 3.75. The van der Waals surface area contributed by atoms with Gasteiger partial charge in [0.05, 0.1) is 6.57 Å². The van der Waals surface area contributed by atoms with Crippen LogP contribution in [0.1, 0.15) is 12.8 Å². The molecule has 1 aromatic heterocycles. The Labute approximate surface area is 103 Å². The SMILES string of the molecule is [C-]#[N+]c1cc(Br)cnc1NC1CCOCC1. The molecular weight excluding hydrogens is 270 g/mol. The van der Waals surface area contributed by atoms with Crippen LogP contribution in [-0.2, 0) is 4.74 Å². The zero-order valence-electron chi connectivity index (χ0n) is 8.74. The molecule has 0 atom stereocenters. The van der Waals surface area contributed by atoms with Crippen LogP contribution in [0.15, 0.2) is 16.7 Å². The van der Waals surface area contributed by atoms with Crippen LogP contribution < -0.4 is 5.32 Å². The lowest BCUT2D eigenvalue weighted by Crippen LogP contribution is -2.28. The molecule has 4 nitrogen and oxygen atoms in total. The Hall–Kier alpha value is -1.12. The maximum absolute atomic E-state index is 7.10. The average molecular weight is 282 g/mol. The molecule has 16 heavy (non-hydrogen) atoms. The number of nitrogens with zero attached hydrogens (tertiary/aromatic N) is 2. The fourth-order valence-electron chi connectivity index (χ4n) is 1.66. The summed E-state index contributed by atoms with van der Waals surface area (Å²) in [6.07, 6.45) is 3.64. The van der Waals surface area contributed by atoms with Crippen molar-refractivity contribution in [1.82, 2.24) is 4.98 Å². The molecule has 84 valence electrons. The van der Waals surface area contributed by atoms with Crippen molar-refractivity contribution >= 4 is 27.4 Å². The van der Waals surface area contributed by atoms with E-state index in [0.29, 0.717) is 17.5 Å². The molecule has 0 amide bonds. The molecule has 0 unspecified atom stereocenters. The molecule has 1 saturated heterocycles. The fraction of sp³-hybridized carbons (Fsp3) is 0.455. The third-order valence-electron chi connectivity index (χ3n) is 2.52. The number of rotatable bonds is 2. The van der Waals surface area contributed by atoms with E-state index in [4.69, 9.17) is 11.3 Å². The van der Waals surface area contributed by atoms with Gasteiger partial charge >= 0.3 is 0 Å². The van der Waals surface area contributed by atoms with Crippen LogP contribution in [0, 0.1) is 6.57 Å². The first-order valence-corrected chi connectivity index (χ1v) is 5.96. The van der Waals surface area contributed by atoms with Gasteiger partial charge in [0.25, 0.3) is 0 Å². The highest BCUT2D eigenvalue weighted by atomic mass is 79.9. The zero-order valence-corrected chi connectivity index (χ0v) is 10.3. The minimum Gasteiger partial charge on any atom is -0.381 e. The highest BCUT2D eigenvalue weighted by molar-refractivity contribution is 9.10. The van der Waals surface area contributed by atoms with Gasteiger partial charge in [-0.1, -0.05) is 15.9 Å². The largest absolute Gasteiger partial charge is 0.381 e. The van der Waals surface area contributed by atoms with Crippen molar-refractivity contribution in [2.45, 2.75) is 18.9 Å². The minimum absolute atomic E-state index is 0.364. The Morgan fingerprint density at radius 1 is 1.50 bits per heavy atom. The lowest BCUT2D eigenvalue weighted by molar-refractivity contribution is 0.0904. The maximum atomic E-state index is 7.10. The van der Waals surface area contributed by atoms with Gasteiger partial charge in [-0.15, -0.1) is 0 Å². The van der Waals surface area contributed by atoms with Gasteiger partial charge < -0.3 is 10.1 Å². The van der Waals surface area contributed by atoms with Crippen molar-refractivity contribution in [1.29, 1.82) is 0 Å². The second-order valence-corrected chi connectivity index (χ2v) is 4.58. The van der Waals surface area contributed by atoms with E-state index in [1.807, 2.05) is 0 Å². The lowest BCUT2D eigenvalue weighted by atomic mass is 10.1. The first kappa shape index (κ1) is 11.4. The number of hydrogen-bond acceptors (Lipinski definition) is 3. The molecule has 1 N–H and O–H groups in total. The third kappa shape index (κ3) is 2.71. The molecule has 1 aromatic rings. The molecule has 0 aliphatic carbocycles. The van der Waals surface area contributed by atoms with Crippen LogP contribution in [-0.4, -0.2) is 24.2 Å². The molecule has 5 heteroatoms. The number of halogens is 1. The van der Waals surface area contributed by atoms with Gasteiger partial charge in [-0.25, -0.2) is 4.85 Å². The van der Waals surface area contributed by atoms with E-state index >= 15 is 0 Å². The lowest BCUT2D eigenvalue weighted by Gasteiger charge is -2.24. The van der Waals surface area contributed by atoms with Crippen molar-refractivity contribution in [2.75, 3.05) is 18.5 Å². The summed E-state index contributed by atoms with van der Waals surface area (Å²) in [7, 11) is 0. The molecule has 1 fully saturated rings. The van der Waals surface area contributed by atoms with Gasteiger partial charge in [0.2, 0.25) is 5.69 Å². The van der Waals surface area contributed by atoms with E-state index in [1.165, 1.54) is 0 Å². The standard InChI is InChI=1S/C11H12BrN3O/c1-13-10-6-8(12)7-14-11(10)15-9-2-4-16-5-3-9/h6-7,9H,2-5H2,(H,14,15). The van der Waals surface area contributed by atoms with Crippen LogP contribution in [0.25, 0.3) is 4.85 Å². The number of aromatic nitrogens is 1. The van der Waals surface area contributed by atoms with E-state index in [1.54, 1.807) is 12.3 Å². The van der Waals surface area contributed by atoms with Crippen LogP contribution >= 0.6 is 15.9 Å². The van der Waals surface area contributed by atoms with Gasteiger partial charge in [0, 0.05) is 29.9 Å². The van der Waals surface area contributed by atoms with Crippen molar-refractivity contribution in [3.8, 4) is 0 Å². The van der Waals surface area contributed by atoms with Gasteiger partial charge in [0.1, 0.15) is 5.82 Å². The predicted octanol–water partition coefficient (Wildman–Crippen LogP) is 2.99. The van der Waals surface area contributed by atoms with E-state index in [0.717, 1.165) is 30.5 Å². The number of nitrogens with one attached hydrogen (secondary N) is 1. The number of ether oxygens (including phenoxy) is 1. The number of anilines is 1.